The Hall–Kier alpha value is -2.50. The molecule has 0 fully saturated rings. The van der Waals surface area contributed by atoms with E-state index in [4.69, 9.17) is 5.11 Å². The van der Waals surface area contributed by atoms with E-state index >= 15 is 0 Å². The highest BCUT2D eigenvalue weighted by Crippen LogP contribution is 2.12. The first kappa shape index (κ1) is 16.4. The molecule has 1 aromatic carbocycles. The second kappa shape index (κ2) is 8.38. The Kier molecular flexibility index (Phi) is 5.71. The smallest absolute Gasteiger partial charge is 0.0645 e. The average Bonchev–Trinajstić information content (AvgIpc) is 3.10. The lowest BCUT2D eigenvalue weighted by Crippen LogP contribution is -2.24. The molecule has 5 nitrogen and oxygen atoms in total. The highest BCUT2D eigenvalue weighted by molar-refractivity contribution is 5.30. The summed E-state index contributed by atoms with van der Waals surface area (Å²) < 4.78 is 1.89. The zero-order valence-electron chi connectivity index (χ0n) is 13.6. The van der Waals surface area contributed by atoms with Crippen LogP contribution in [0.4, 0.5) is 0 Å². The van der Waals surface area contributed by atoms with E-state index in [2.05, 4.69) is 27.2 Å². The number of aromatic nitrogens is 3. The van der Waals surface area contributed by atoms with Gasteiger partial charge in [-0.15, -0.1) is 0 Å². The van der Waals surface area contributed by atoms with Crippen molar-refractivity contribution in [3.8, 4) is 5.69 Å². The Labute approximate surface area is 142 Å². The molecule has 3 aromatic rings. The first-order valence-corrected chi connectivity index (χ1v) is 8.16. The van der Waals surface area contributed by atoms with E-state index in [1.807, 2.05) is 53.5 Å². The number of hydrogen-bond acceptors (Lipinski definition) is 4. The Morgan fingerprint density at radius 1 is 0.958 bits per heavy atom. The molecule has 0 atom stereocenters. The van der Waals surface area contributed by atoms with Crippen molar-refractivity contribution in [1.29, 1.82) is 0 Å². The summed E-state index contributed by atoms with van der Waals surface area (Å²) in [6.07, 6.45) is 8.39. The number of para-hydroxylation sites is 1. The van der Waals surface area contributed by atoms with E-state index in [1.165, 1.54) is 5.56 Å². The summed E-state index contributed by atoms with van der Waals surface area (Å²) in [5.41, 5.74) is 3.38. The molecule has 0 spiro atoms. The van der Waals surface area contributed by atoms with Gasteiger partial charge >= 0.3 is 0 Å². The zero-order valence-corrected chi connectivity index (χ0v) is 13.6. The average molecular weight is 322 g/mol. The monoisotopic (exact) mass is 322 g/mol. The molecule has 0 aliphatic rings. The fourth-order valence-corrected chi connectivity index (χ4v) is 2.68. The first-order valence-electron chi connectivity index (χ1n) is 8.16. The van der Waals surface area contributed by atoms with Crippen LogP contribution >= 0.6 is 0 Å². The number of nitrogens with zero attached hydrogens (tertiary/aromatic N) is 4. The molecule has 3 rings (SSSR count). The van der Waals surface area contributed by atoms with Gasteiger partial charge in [0.1, 0.15) is 0 Å². The van der Waals surface area contributed by atoms with Crippen molar-refractivity contribution in [2.75, 3.05) is 13.2 Å². The van der Waals surface area contributed by atoms with Crippen LogP contribution in [0.25, 0.3) is 5.69 Å². The number of pyridine rings is 1. The predicted octanol–water partition coefficient (Wildman–Crippen LogP) is 2.65. The number of benzene rings is 1. The minimum atomic E-state index is 0.201. The number of hydrogen-bond donors (Lipinski definition) is 1. The third kappa shape index (κ3) is 4.50. The van der Waals surface area contributed by atoms with Gasteiger partial charge in [0.15, 0.2) is 0 Å². The second-order valence-electron chi connectivity index (χ2n) is 5.78. The Morgan fingerprint density at radius 2 is 1.79 bits per heavy atom. The summed E-state index contributed by atoms with van der Waals surface area (Å²) in [7, 11) is 0. The maximum absolute atomic E-state index is 9.14. The van der Waals surface area contributed by atoms with Gasteiger partial charge in [0.05, 0.1) is 11.9 Å². The van der Waals surface area contributed by atoms with E-state index in [0.29, 0.717) is 0 Å². The van der Waals surface area contributed by atoms with E-state index in [9.17, 15) is 0 Å². The van der Waals surface area contributed by atoms with Crippen molar-refractivity contribution in [2.24, 2.45) is 0 Å². The van der Waals surface area contributed by atoms with Gasteiger partial charge in [0, 0.05) is 50.4 Å². The quantitative estimate of drug-likeness (QED) is 0.693. The molecule has 2 heterocycles. The molecule has 1 N–H and O–H groups in total. The molecule has 5 heteroatoms. The minimum absolute atomic E-state index is 0.201. The van der Waals surface area contributed by atoms with Crippen LogP contribution in [-0.4, -0.2) is 37.9 Å². The van der Waals surface area contributed by atoms with Crippen LogP contribution in [0, 0.1) is 0 Å². The van der Waals surface area contributed by atoms with Crippen LogP contribution in [0.15, 0.2) is 67.3 Å². The van der Waals surface area contributed by atoms with Crippen LogP contribution in [0.2, 0.25) is 0 Å². The van der Waals surface area contributed by atoms with Gasteiger partial charge in [-0.3, -0.25) is 9.88 Å². The molecule has 24 heavy (non-hydrogen) atoms. The van der Waals surface area contributed by atoms with E-state index in [0.717, 1.165) is 37.3 Å². The van der Waals surface area contributed by atoms with Crippen LogP contribution in [-0.2, 0) is 13.1 Å². The first-order chi connectivity index (χ1) is 11.8. The van der Waals surface area contributed by atoms with Gasteiger partial charge in [-0.2, -0.15) is 5.10 Å². The fraction of sp³-hybridized carbons (Fsp3) is 0.263. The fourth-order valence-electron chi connectivity index (χ4n) is 2.68. The molecule has 124 valence electrons. The molecule has 0 aliphatic carbocycles. The molecule has 0 radical (unpaired) electrons. The SMILES string of the molecule is OCCCN(Cc1cccnc1)Cc1cnn(-c2ccccc2)c1. The lowest BCUT2D eigenvalue weighted by atomic mass is 10.2. The minimum Gasteiger partial charge on any atom is -0.396 e. The summed E-state index contributed by atoms with van der Waals surface area (Å²) in [5, 5.41) is 13.6. The highest BCUT2D eigenvalue weighted by Gasteiger charge is 2.09. The van der Waals surface area contributed by atoms with Gasteiger partial charge in [0.2, 0.25) is 0 Å². The van der Waals surface area contributed by atoms with E-state index in [-0.39, 0.29) is 6.61 Å². The van der Waals surface area contributed by atoms with Gasteiger partial charge in [-0.25, -0.2) is 4.68 Å². The van der Waals surface area contributed by atoms with Gasteiger partial charge < -0.3 is 5.11 Å². The van der Waals surface area contributed by atoms with Crippen molar-refractivity contribution < 1.29 is 5.11 Å². The van der Waals surface area contributed by atoms with E-state index < -0.39 is 0 Å². The normalized spacial score (nSPS) is 11.1. The lowest BCUT2D eigenvalue weighted by molar-refractivity contribution is 0.212. The summed E-state index contributed by atoms with van der Waals surface area (Å²) in [4.78, 5) is 6.48. The predicted molar refractivity (Wildman–Crippen MR) is 93.6 cm³/mol. The largest absolute Gasteiger partial charge is 0.396 e. The molecule has 0 amide bonds. The lowest BCUT2D eigenvalue weighted by Gasteiger charge is -2.21. The summed E-state index contributed by atoms with van der Waals surface area (Å²) in [5.74, 6) is 0. The van der Waals surface area contributed by atoms with Gasteiger partial charge in [-0.05, 0) is 30.2 Å². The van der Waals surface area contributed by atoms with Crippen molar-refractivity contribution in [2.45, 2.75) is 19.5 Å². The molecule has 0 saturated carbocycles. The van der Waals surface area contributed by atoms with E-state index in [1.54, 1.807) is 6.20 Å². The van der Waals surface area contributed by atoms with Crippen LogP contribution in [0.1, 0.15) is 17.5 Å². The molecule has 0 unspecified atom stereocenters. The third-order valence-corrected chi connectivity index (χ3v) is 3.82. The molecule has 2 aromatic heterocycles. The number of rotatable bonds is 8. The zero-order chi connectivity index (χ0) is 16.6. The van der Waals surface area contributed by atoms with Crippen LogP contribution < -0.4 is 0 Å². The molecule has 0 bridgehead atoms. The third-order valence-electron chi connectivity index (χ3n) is 3.82. The van der Waals surface area contributed by atoms with Crippen molar-refractivity contribution in [3.05, 3.63) is 78.4 Å². The van der Waals surface area contributed by atoms with Gasteiger partial charge in [0.25, 0.3) is 0 Å². The Morgan fingerprint density at radius 3 is 2.54 bits per heavy atom. The molecule has 0 saturated heterocycles. The molecule has 0 aliphatic heterocycles. The number of aliphatic hydroxyl groups excluding tert-OH is 1. The Balaban J connectivity index is 1.69. The Bertz CT molecular complexity index is 727. The summed E-state index contributed by atoms with van der Waals surface area (Å²) >= 11 is 0. The topological polar surface area (TPSA) is 54.2 Å². The number of aliphatic hydroxyl groups is 1. The molecular weight excluding hydrogens is 300 g/mol. The van der Waals surface area contributed by atoms with Crippen LogP contribution in [0.5, 0.6) is 0 Å². The highest BCUT2D eigenvalue weighted by atomic mass is 16.3. The summed E-state index contributed by atoms with van der Waals surface area (Å²) in [6.45, 7) is 2.64. The molecular formula is C19H22N4O. The van der Waals surface area contributed by atoms with Crippen molar-refractivity contribution in [1.82, 2.24) is 19.7 Å². The van der Waals surface area contributed by atoms with Crippen molar-refractivity contribution >= 4 is 0 Å². The maximum atomic E-state index is 9.14. The van der Waals surface area contributed by atoms with Gasteiger partial charge in [-0.1, -0.05) is 24.3 Å². The standard InChI is InChI=1S/C19H22N4O/c24-11-5-10-22(14-17-6-4-9-20-12-17)15-18-13-21-23(16-18)19-7-2-1-3-8-19/h1-4,6-9,12-13,16,24H,5,10-11,14-15H2. The summed E-state index contributed by atoms with van der Waals surface area (Å²) in [6, 6.07) is 14.1. The maximum Gasteiger partial charge on any atom is 0.0645 e. The second-order valence-corrected chi connectivity index (χ2v) is 5.78. The van der Waals surface area contributed by atoms with Crippen LogP contribution in [0.3, 0.4) is 0 Å². The van der Waals surface area contributed by atoms with Crippen molar-refractivity contribution in [3.63, 3.8) is 0 Å².